The molecule has 4 aromatic rings. The number of hydrogen-bond acceptors (Lipinski definition) is 4. The lowest BCUT2D eigenvalue weighted by molar-refractivity contribution is 0.131. The molecule has 1 aromatic heterocycles. The van der Waals surface area contributed by atoms with E-state index in [9.17, 15) is 0 Å². The fourth-order valence-corrected chi connectivity index (χ4v) is 4.05. The molecule has 0 saturated heterocycles. The molecule has 0 bridgehead atoms. The predicted molar refractivity (Wildman–Crippen MR) is 133 cm³/mol. The minimum atomic E-state index is 0.132. The van der Waals surface area contributed by atoms with Crippen LogP contribution in [0.3, 0.4) is 0 Å². The first-order valence-corrected chi connectivity index (χ1v) is 11.2. The van der Waals surface area contributed by atoms with Crippen molar-refractivity contribution in [2.45, 2.75) is 39.7 Å². The first kappa shape index (κ1) is 21.1. The van der Waals surface area contributed by atoms with Gasteiger partial charge in [-0.05, 0) is 29.5 Å². The maximum atomic E-state index is 5.84. The van der Waals surface area contributed by atoms with Crippen LogP contribution in [0, 0.1) is 6.92 Å². The highest BCUT2D eigenvalue weighted by atomic mass is 16.6. The van der Waals surface area contributed by atoms with Crippen molar-refractivity contribution in [2.24, 2.45) is 5.16 Å². The van der Waals surface area contributed by atoms with Crippen LogP contribution in [0.1, 0.15) is 48.6 Å². The van der Waals surface area contributed by atoms with Crippen LogP contribution in [0.25, 0.3) is 22.5 Å². The Morgan fingerprint density at radius 2 is 1.48 bits per heavy atom. The van der Waals surface area contributed by atoms with E-state index in [-0.39, 0.29) is 5.41 Å². The maximum Gasteiger partial charge on any atom is 0.142 e. The van der Waals surface area contributed by atoms with E-state index in [0.29, 0.717) is 6.61 Å². The molecule has 5 rings (SSSR count). The Balaban J connectivity index is 1.45. The SMILES string of the molecule is Cc1ccc(-c2cc3c(nn2)-c2ccccc2/C3=N\OCc2ccc(C(C)(C)C)cc2)cc1. The van der Waals surface area contributed by atoms with Crippen LogP contribution < -0.4 is 0 Å². The van der Waals surface area contributed by atoms with Crippen LogP contribution in [-0.2, 0) is 16.9 Å². The summed E-state index contributed by atoms with van der Waals surface area (Å²) in [5.74, 6) is 0. The second-order valence-corrected chi connectivity index (χ2v) is 9.56. The Labute approximate surface area is 195 Å². The second kappa shape index (κ2) is 8.28. The van der Waals surface area contributed by atoms with Crippen molar-refractivity contribution in [1.82, 2.24) is 10.2 Å². The van der Waals surface area contributed by atoms with E-state index in [4.69, 9.17) is 4.84 Å². The average Bonchev–Trinajstić information content (AvgIpc) is 3.12. The van der Waals surface area contributed by atoms with E-state index >= 15 is 0 Å². The van der Waals surface area contributed by atoms with Crippen molar-refractivity contribution < 1.29 is 4.84 Å². The Morgan fingerprint density at radius 1 is 0.788 bits per heavy atom. The molecule has 0 saturated carbocycles. The normalized spacial score (nSPS) is 13.6. The predicted octanol–water partition coefficient (Wildman–Crippen LogP) is 6.70. The maximum absolute atomic E-state index is 5.84. The molecule has 1 aliphatic rings. The van der Waals surface area contributed by atoms with Gasteiger partial charge in [-0.3, -0.25) is 0 Å². The second-order valence-electron chi connectivity index (χ2n) is 9.56. The molecule has 0 radical (unpaired) electrons. The molecular formula is C29H27N3O. The fourth-order valence-electron chi connectivity index (χ4n) is 4.05. The number of nitrogens with zero attached hydrogens (tertiary/aromatic N) is 3. The van der Waals surface area contributed by atoms with Crippen LogP contribution in [0.15, 0.2) is 84.0 Å². The number of fused-ring (bicyclic) bond motifs is 3. The lowest BCUT2D eigenvalue weighted by atomic mass is 9.87. The van der Waals surface area contributed by atoms with Gasteiger partial charge in [0, 0.05) is 22.3 Å². The molecule has 33 heavy (non-hydrogen) atoms. The van der Waals surface area contributed by atoms with Gasteiger partial charge < -0.3 is 4.84 Å². The van der Waals surface area contributed by atoms with Gasteiger partial charge >= 0.3 is 0 Å². The standard InChI is InChI=1S/C29H27N3O/c1-19-9-13-21(14-10-19)26-17-25-27(31-30-26)23-7-5-6-8-24(23)28(25)32-33-18-20-11-15-22(16-12-20)29(2,3)4/h5-17H,18H2,1-4H3/b32-28+. The minimum Gasteiger partial charge on any atom is -0.390 e. The van der Waals surface area contributed by atoms with E-state index < -0.39 is 0 Å². The highest BCUT2D eigenvalue weighted by molar-refractivity contribution is 6.23. The summed E-state index contributed by atoms with van der Waals surface area (Å²) in [5, 5.41) is 13.6. The van der Waals surface area contributed by atoms with Gasteiger partial charge in [0.25, 0.3) is 0 Å². The molecule has 0 amide bonds. The summed E-state index contributed by atoms with van der Waals surface area (Å²) in [5.41, 5.74) is 10.2. The molecule has 0 spiro atoms. The number of aryl methyl sites for hydroxylation is 1. The first-order valence-electron chi connectivity index (χ1n) is 11.2. The summed E-state index contributed by atoms with van der Waals surface area (Å²) in [6, 6.07) is 27.1. The summed E-state index contributed by atoms with van der Waals surface area (Å²) < 4.78 is 0. The van der Waals surface area contributed by atoms with Crippen molar-refractivity contribution in [3.8, 4) is 22.5 Å². The molecule has 3 aromatic carbocycles. The Bertz CT molecular complexity index is 1330. The van der Waals surface area contributed by atoms with Gasteiger partial charge in [0.1, 0.15) is 18.0 Å². The summed E-state index contributed by atoms with van der Waals surface area (Å²) >= 11 is 0. The van der Waals surface area contributed by atoms with E-state index in [1.54, 1.807) is 0 Å². The van der Waals surface area contributed by atoms with Gasteiger partial charge in [0.15, 0.2) is 0 Å². The number of oxime groups is 1. The zero-order valence-electron chi connectivity index (χ0n) is 19.5. The molecule has 1 heterocycles. The van der Waals surface area contributed by atoms with Crippen molar-refractivity contribution in [3.05, 3.63) is 107 Å². The van der Waals surface area contributed by atoms with Gasteiger partial charge in [0.05, 0.1) is 5.69 Å². The lowest BCUT2D eigenvalue weighted by Gasteiger charge is -2.19. The van der Waals surface area contributed by atoms with Crippen LogP contribution >= 0.6 is 0 Å². The first-order chi connectivity index (χ1) is 15.9. The van der Waals surface area contributed by atoms with Gasteiger partial charge in [-0.1, -0.05) is 104 Å². The molecule has 0 unspecified atom stereocenters. The van der Waals surface area contributed by atoms with Gasteiger partial charge in [-0.15, -0.1) is 10.2 Å². The zero-order chi connectivity index (χ0) is 23.0. The summed E-state index contributed by atoms with van der Waals surface area (Å²) in [4.78, 5) is 5.84. The smallest absolute Gasteiger partial charge is 0.142 e. The Kier molecular flexibility index (Phi) is 5.29. The molecule has 0 aliphatic heterocycles. The molecule has 0 N–H and O–H groups in total. The quantitative estimate of drug-likeness (QED) is 0.296. The molecule has 4 nitrogen and oxygen atoms in total. The largest absolute Gasteiger partial charge is 0.390 e. The van der Waals surface area contributed by atoms with Crippen molar-refractivity contribution >= 4 is 5.71 Å². The van der Waals surface area contributed by atoms with Gasteiger partial charge in [-0.25, -0.2) is 0 Å². The Hall–Kier alpha value is -3.79. The highest BCUT2D eigenvalue weighted by Gasteiger charge is 2.28. The van der Waals surface area contributed by atoms with Gasteiger partial charge in [-0.2, -0.15) is 0 Å². The average molecular weight is 434 g/mol. The van der Waals surface area contributed by atoms with Crippen LogP contribution in [0.4, 0.5) is 0 Å². The monoisotopic (exact) mass is 433 g/mol. The van der Waals surface area contributed by atoms with Gasteiger partial charge in [0.2, 0.25) is 0 Å². The molecule has 0 atom stereocenters. The molecule has 4 heteroatoms. The molecule has 164 valence electrons. The third-order valence-corrected chi connectivity index (χ3v) is 6.04. The third kappa shape index (κ3) is 4.17. The van der Waals surface area contributed by atoms with Crippen molar-refractivity contribution in [1.29, 1.82) is 0 Å². The topological polar surface area (TPSA) is 47.4 Å². The summed E-state index contributed by atoms with van der Waals surface area (Å²) in [6.07, 6.45) is 0. The lowest BCUT2D eigenvalue weighted by Crippen LogP contribution is -2.10. The van der Waals surface area contributed by atoms with E-state index in [2.05, 4.69) is 110 Å². The van der Waals surface area contributed by atoms with E-state index in [1.165, 1.54) is 11.1 Å². The number of benzene rings is 3. The number of rotatable bonds is 4. The van der Waals surface area contributed by atoms with Crippen LogP contribution in [-0.4, -0.2) is 15.9 Å². The summed E-state index contributed by atoms with van der Waals surface area (Å²) in [6.45, 7) is 9.13. The van der Waals surface area contributed by atoms with Crippen molar-refractivity contribution in [3.63, 3.8) is 0 Å². The van der Waals surface area contributed by atoms with Crippen molar-refractivity contribution in [2.75, 3.05) is 0 Å². The highest BCUT2D eigenvalue weighted by Crippen LogP contribution is 2.36. The molecular weight excluding hydrogens is 406 g/mol. The molecule has 1 aliphatic carbocycles. The van der Waals surface area contributed by atoms with Crippen LogP contribution in [0.5, 0.6) is 0 Å². The fraction of sp³-hybridized carbons (Fsp3) is 0.207. The third-order valence-electron chi connectivity index (χ3n) is 6.04. The zero-order valence-corrected chi connectivity index (χ0v) is 19.5. The number of aromatic nitrogens is 2. The van der Waals surface area contributed by atoms with Crippen LogP contribution in [0.2, 0.25) is 0 Å². The van der Waals surface area contributed by atoms with E-state index in [0.717, 1.165) is 44.9 Å². The molecule has 0 fully saturated rings. The minimum absolute atomic E-state index is 0.132. The van der Waals surface area contributed by atoms with E-state index in [1.807, 2.05) is 12.1 Å². The number of hydrogen-bond donors (Lipinski definition) is 0. The Morgan fingerprint density at radius 3 is 2.18 bits per heavy atom. The summed E-state index contributed by atoms with van der Waals surface area (Å²) in [7, 11) is 0.